The molecule has 0 heterocycles. The molecular weight excluding hydrogens is 204 g/mol. The quantitative estimate of drug-likeness (QED) is 0.692. The van der Waals surface area contributed by atoms with Crippen molar-refractivity contribution in [2.24, 2.45) is 0 Å². The average Bonchev–Trinajstić information content (AvgIpc) is 2.36. The van der Waals surface area contributed by atoms with Crippen LogP contribution in [0.5, 0.6) is 0 Å². The maximum atomic E-state index is 2.34. The van der Waals surface area contributed by atoms with Gasteiger partial charge in [-0.25, -0.2) is 0 Å². The molecular formula is C17H16. The molecule has 0 saturated carbocycles. The summed E-state index contributed by atoms with van der Waals surface area (Å²) in [5, 5.41) is 5.46. The summed E-state index contributed by atoms with van der Waals surface area (Å²) in [7, 11) is 0. The highest BCUT2D eigenvalue weighted by Gasteiger charge is 1.98. The van der Waals surface area contributed by atoms with Gasteiger partial charge in [-0.05, 0) is 64.7 Å². The van der Waals surface area contributed by atoms with Gasteiger partial charge in [0, 0.05) is 0 Å². The van der Waals surface area contributed by atoms with Crippen LogP contribution in [0.4, 0.5) is 0 Å². The second-order valence-electron chi connectivity index (χ2n) is 4.57. The van der Waals surface area contributed by atoms with Crippen LogP contribution in [-0.4, -0.2) is 0 Å². The van der Waals surface area contributed by atoms with Crippen molar-refractivity contribution in [3.05, 3.63) is 52.4 Å². The molecule has 84 valence electrons. The molecule has 3 rings (SSSR count). The van der Waals surface area contributed by atoms with E-state index in [0.717, 1.165) is 0 Å². The average molecular weight is 220 g/mol. The number of rotatable bonds is 1. The summed E-state index contributed by atoms with van der Waals surface area (Å²) in [5.41, 5.74) is 1.28. The maximum absolute atomic E-state index is 2.34. The number of fused-ring (bicyclic) bond motifs is 2. The summed E-state index contributed by atoms with van der Waals surface area (Å²) < 4.78 is 0. The minimum absolute atomic E-state index is 1.17. The molecule has 0 nitrogen and oxygen atoms in total. The van der Waals surface area contributed by atoms with E-state index in [9.17, 15) is 0 Å². The third-order valence-electron chi connectivity index (χ3n) is 3.32. The number of benzene rings is 2. The lowest BCUT2D eigenvalue weighted by molar-refractivity contribution is 1.12. The van der Waals surface area contributed by atoms with Gasteiger partial charge in [0.15, 0.2) is 0 Å². The Bertz CT molecular complexity index is 703. The molecule has 2 aromatic rings. The molecule has 0 radical (unpaired) electrons. The van der Waals surface area contributed by atoms with E-state index in [1.165, 1.54) is 39.6 Å². The first-order chi connectivity index (χ1) is 8.36. The monoisotopic (exact) mass is 220 g/mol. The van der Waals surface area contributed by atoms with Crippen LogP contribution in [0.25, 0.3) is 29.0 Å². The third-order valence-corrected chi connectivity index (χ3v) is 3.32. The SMILES string of the molecule is C/C=C/c1ccc2cc3c(cc2c1)=CCCC=3. The summed E-state index contributed by atoms with van der Waals surface area (Å²) >= 11 is 0. The minimum atomic E-state index is 1.17. The lowest BCUT2D eigenvalue weighted by Crippen LogP contribution is -2.26. The zero-order valence-corrected chi connectivity index (χ0v) is 10.1. The topological polar surface area (TPSA) is 0 Å². The second kappa shape index (κ2) is 4.21. The normalized spacial score (nSPS) is 14.4. The molecule has 17 heavy (non-hydrogen) atoms. The molecule has 0 amide bonds. The summed E-state index contributed by atoms with van der Waals surface area (Å²) in [6.07, 6.45) is 11.3. The van der Waals surface area contributed by atoms with Crippen LogP contribution >= 0.6 is 0 Å². The molecule has 0 saturated heterocycles. The van der Waals surface area contributed by atoms with Gasteiger partial charge in [0.2, 0.25) is 0 Å². The van der Waals surface area contributed by atoms with Gasteiger partial charge in [0.05, 0.1) is 0 Å². The predicted octanol–water partition coefficient (Wildman–Crippen LogP) is 3.23. The molecule has 0 atom stereocenters. The highest BCUT2D eigenvalue weighted by Crippen LogP contribution is 2.14. The zero-order valence-electron chi connectivity index (χ0n) is 10.1. The molecule has 1 aliphatic carbocycles. The molecule has 0 bridgehead atoms. The van der Waals surface area contributed by atoms with Gasteiger partial charge >= 0.3 is 0 Å². The molecule has 0 aliphatic heterocycles. The van der Waals surface area contributed by atoms with E-state index in [2.05, 4.69) is 61.6 Å². The Morgan fingerprint density at radius 3 is 2.29 bits per heavy atom. The first-order valence-electron chi connectivity index (χ1n) is 6.24. The van der Waals surface area contributed by atoms with Gasteiger partial charge in [-0.2, -0.15) is 0 Å². The molecule has 0 fully saturated rings. The van der Waals surface area contributed by atoms with Crippen molar-refractivity contribution >= 4 is 29.0 Å². The van der Waals surface area contributed by atoms with Crippen molar-refractivity contribution in [1.29, 1.82) is 0 Å². The van der Waals surface area contributed by atoms with E-state index in [4.69, 9.17) is 0 Å². The van der Waals surface area contributed by atoms with Gasteiger partial charge in [-0.15, -0.1) is 0 Å². The van der Waals surface area contributed by atoms with Crippen molar-refractivity contribution in [3.8, 4) is 0 Å². The lowest BCUT2D eigenvalue weighted by Gasteiger charge is -2.04. The summed E-state index contributed by atoms with van der Waals surface area (Å²) in [5.74, 6) is 0. The van der Waals surface area contributed by atoms with Crippen molar-refractivity contribution in [3.63, 3.8) is 0 Å². The predicted molar refractivity (Wildman–Crippen MR) is 76.1 cm³/mol. The highest BCUT2D eigenvalue weighted by atomic mass is 14.0. The van der Waals surface area contributed by atoms with Gasteiger partial charge in [-0.3, -0.25) is 0 Å². The fourth-order valence-corrected chi connectivity index (χ4v) is 2.48. The number of hydrogen-bond donors (Lipinski definition) is 0. The smallest absolute Gasteiger partial charge is 0.0172 e. The van der Waals surface area contributed by atoms with E-state index >= 15 is 0 Å². The summed E-state index contributed by atoms with van der Waals surface area (Å²) in [4.78, 5) is 0. The molecule has 1 aliphatic rings. The van der Waals surface area contributed by atoms with Crippen molar-refractivity contribution < 1.29 is 0 Å². The second-order valence-corrected chi connectivity index (χ2v) is 4.57. The first-order valence-corrected chi connectivity index (χ1v) is 6.24. The summed E-state index contributed by atoms with van der Waals surface area (Å²) in [6.45, 7) is 2.06. The summed E-state index contributed by atoms with van der Waals surface area (Å²) in [6, 6.07) is 11.3. The minimum Gasteiger partial charge on any atom is -0.0871 e. The van der Waals surface area contributed by atoms with Gasteiger partial charge in [-0.1, -0.05) is 36.4 Å². The maximum Gasteiger partial charge on any atom is -0.0172 e. The molecule has 2 aromatic carbocycles. The van der Waals surface area contributed by atoms with Crippen LogP contribution in [0.1, 0.15) is 25.3 Å². The highest BCUT2D eigenvalue weighted by molar-refractivity contribution is 5.85. The van der Waals surface area contributed by atoms with Crippen LogP contribution in [0, 0.1) is 0 Å². The third kappa shape index (κ3) is 1.91. The fraction of sp³-hybridized carbons (Fsp3) is 0.176. The fourth-order valence-electron chi connectivity index (χ4n) is 2.48. The lowest BCUT2D eigenvalue weighted by atomic mass is 10.0. The van der Waals surface area contributed by atoms with E-state index in [0.29, 0.717) is 0 Å². The van der Waals surface area contributed by atoms with Crippen LogP contribution in [-0.2, 0) is 0 Å². The van der Waals surface area contributed by atoms with Crippen LogP contribution in [0.15, 0.2) is 36.4 Å². The van der Waals surface area contributed by atoms with Gasteiger partial charge in [0.1, 0.15) is 0 Å². The Morgan fingerprint density at radius 2 is 1.59 bits per heavy atom. The molecule has 0 unspecified atom stereocenters. The Kier molecular flexibility index (Phi) is 2.56. The van der Waals surface area contributed by atoms with Crippen molar-refractivity contribution in [1.82, 2.24) is 0 Å². The molecule has 0 spiro atoms. The van der Waals surface area contributed by atoms with E-state index in [1.54, 1.807) is 0 Å². The van der Waals surface area contributed by atoms with Crippen LogP contribution < -0.4 is 10.4 Å². The largest absolute Gasteiger partial charge is 0.0871 e. The zero-order chi connectivity index (χ0) is 11.7. The van der Waals surface area contributed by atoms with Gasteiger partial charge in [0.25, 0.3) is 0 Å². The van der Waals surface area contributed by atoms with Crippen molar-refractivity contribution in [2.45, 2.75) is 19.8 Å². The van der Waals surface area contributed by atoms with Crippen LogP contribution in [0.2, 0.25) is 0 Å². The molecule has 0 N–H and O–H groups in total. The molecule has 0 heteroatoms. The Hall–Kier alpha value is -1.82. The Labute approximate surface area is 102 Å². The first kappa shape index (κ1) is 10.3. The van der Waals surface area contributed by atoms with E-state index in [1.807, 2.05) is 0 Å². The number of hydrogen-bond acceptors (Lipinski definition) is 0. The molecule has 0 aromatic heterocycles. The Balaban J connectivity index is 2.31. The van der Waals surface area contributed by atoms with E-state index in [-0.39, 0.29) is 0 Å². The number of allylic oxidation sites excluding steroid dienone is 1. The van der Waals surface area contributed by atoms with Crippen molar-refractivity contribution in [2.75, 3.05) is 0 Å². The standard InChI is InChI=1S/C17H16/c1-2-5-13-8-9-16-11-14-6-3-4-7-15(14)12-17(16)10-13/h2,5-12H,3-4H2,1H3/b5-2+. The van der Waals surface area contributed by atoms with Gasteiger partial charge < -0.3 is 0 Å². The van der Waals surface area contributed by atoms with Crippen LogP contribution in [0.3, 0.4) is 0 Å². The van der Waals surface area contributed by atoms with E-state index < -0.39 is 0 Å². The Morgan fingerprint density at radius 1 is 0.882 bits per heavy atom.